The van der Waals surface area contributed by atoms with Gasteiger partial charge in [0.2, 0.25) is 0 Å². The molecule has 204 valence electrons. The number of nitrogens with one attached hydrogen (secondary N) is 2. The largest absolute Gasteiger partial charge is 0.460 e. The van der Waals surface area contributed by atoms with Crippen LogP contribution in [0.2, 0.25) is 0 Å². The Labute approximate surface area is 225 Å². The molecule has 0 aromatic heterocycles. The second kappa shape index (κ2) is 14.3. The first-order chi connectivity index (χ1) is 18.4. The quantitative estimate of drug-likeness (QED) is 0.264. The van der Waals surface area contributed by atoms with E-state index in [0.717, 1.165) is 19.3 Å². The van der Waals surface area contributed by atoms with Crippen molar-refractivity contribution in [3.63, 3.8) is 0 Å². The summed E-state index contributed by atoms with van der Waals surface area (Å²) in [6.45, 7) is 6.80. The summed E-state index contributed by atoms with van der Waals surface area (Å²) in [6.07, 6.45) is 5.29. The molecule has 0 bridgehead atoms. The molecule has 0 fully saturated rings. The van der Waals surface area contributed by atoms with Crippen molar-refractivity contribution in [1.29, 1.82) is 0 Å². The van der Waals surface area contributed by atoms with Crippen LogP contribution in [0.1, 0.15) is 74.0 Å². The highest BCUT2D eigenvalue weighted by Crippen LogP contribution is 2.32. The molecule has 2 N–H and O–H groups in total. The van der Waals surface area contributed by atoms with Crippen molar-refractivity contribution in [2.75, 3.05) is 32.2 Å². The Morgan fingerprint density at radius 2 is 1.68 bits per heavy atom. The Kier molecular flexibility index (Phi) is 10.9. The van der Waals surface area contributed by atoms with Crippen LogP contribution >= 0.6 is 0 Å². The van der Waals surface area contributed by atoms with Gasteiger partial charge >= 0.3 is 12.0 Å². The molecule has 0 saturated heterocycles. The molecule has 38 heavy (non-hydrogen) atoms. The molecule has 0 spiro atoms. The van der Waals surface area contributed by atoms with Crippen LogP contribution in [0.5, 0.6) is 0 Å². The number of amides is 3. The third kappa shape index (κ3) is 7.44. The monoisotopic (exact) mass is 521 g/mol. The van der Waals surface area contributed by atoms with E-state index in [-0.39, 0.29) is 25.2 Å². The molecular formula is C30H39N3O5. The van der Waals surface area contributed by atoms with Gasteiger partial charge in [-0.1, -0.05) is 51.0 Å². The molecular weight excluding hydrogens is 482 g/mol. The van der Waals surface area contributed by atoms with Crippen molar-refractivity contribution in [1.82, 2.24) is 10.2 Å². The van der Waals surface area contributed by atoms with Gasteiger partial charge in [0, 0.05) is 30.6 Å². The van der Waals surface area contributed by atoms with Crippen LogP contribution in [-0.2, 0) is 20.7 Å². The minimum absolute atomic E-state index is 0.116. The molecule has 0 radical (unpaired) electrons. The second-order valence-electron chi connectivity index (χ2n) is 9.39. The average Bonchev–Trinajstić information content (AvgIpc) is 2.91. The predicted octanol–water partition coefficient (Wildman–Crippen LogP) is 5.61. The molecule has 1 aliphatic rings. The Hall–Kier alpha value is -3.65. The van der Waals surface area contributed by atoms with Crippen LogP contribution in [0.3, 0.4) is 0 Å². The summed E-state index contributed by atoms with van der Waals surface area (Å²) >= 11 is 0. The van der Waals surface area contributed by atoms with E-state index in [2.05, 4.69) is 17.6 Å². The number of hydrogen-bond acceptors (Lipinski definition) is 5. The van der Waals surface area contributed by atoms with E-state index in [4.69, 9.17) is 9.47 Å². The smallest absolute Gasteiger partial charge is 0.338 e. The van der Waals surface area contributed by atoms with Crippen molar-refractivity contribution in [3.05, 3.63) is 76.5 Å². The summed E-state index contributed by atoms with van der Waals surface area (Å²) in [4.78, 5) is 40.2. The Morgan fingerprint density at radius 1 is 0.974 bits per heavy atom. The molecule has 1 unspecified atom stereocenters. The topological polar surface area (TPSA) is 97.0 Å². The summed E-state index contributed by atoms with van der Waals surface area (Å²) < 4.78 is 10.4. The van der Waals surface area contributed by atoms with Crippen molar-refractivity contribution in [2.45, 2.75) is 58.9 Å². The summed E-state index contributed by atoms with van der Waals surface area (Å²) in [5, 5.41) is 5.86. The van der Waals surface area contributed by atoms with E-state index in [1.54, 1.807) is 36.1 Å². The number of unbranched alkanes of at least 4 members (excludes halogenated alkanes) is 2. The predicted molar refractivity (Wildman–Crippen MR) is 148 cm³/mol. The highest BCUT2D eigenvalue weighted by Gasteiger charge is 2.36. The molecule has 1 atom stereocenters. The van der Waals surface area contributed by atoms with E-state index >= 15 is 0 Å². The number of ether oxygens (including phenoxy) is 2. The van der Waals surface area contributed by atoms with Gasteiger partial charge in [-0.3, -0.25) is 9.69 Å². The van der Waals surface area contributed by atoms with Gasteiger partial charge < -0.3 is 20.1 Å². The molecule has 1 heterocycles. The van der Waals surface area contributed by atoms with Gasteiger partial charge in [-0.25, -0.2) is 9.59 Å². The zero-order valence-electron chi connectivity index (χ0n) is 22.8. The summed E-state index contributed by atoms with van der Waals surface area (Å²) in [7, 11) is 1.54. The van der Waals surface area contributed by atoms with E-state index in [1.807, 2.05) is 31.2 Å². The number of hydrogen-bond donors (Lipinski definition) is 2. The molecule has 3 amide bonds. The average molecular weight is 522 g/mol. The van der Waals surface area contributed by atoms with E-state index < -0.39 is 12.0 Å². The maximum absolute atomic E-state index is 13.0. The minimum atomic E-state index is -0.671. The van der Waals surface area contributed by atoms with E-state index in [0.29, 0.717) is 34.6 Å². The van der Waals surface area contributed by atoms with Crippen molar-refractivity contribution < 1.29 is 23.9 Å². The number of aryl methyl sites for hydroxylation is 1. The third-order valence-electron chi connectivity index (χ3n) is 6.57. The molecule has 0 saturated carbocycles. The van der Waals surface area contributed by atoms with E-state index in [9.17, 15) is 14.4 Å². The standard InChI is InChI=1S/C30H39N3O5/c1-5-7-8-9-22-10-12-24(13-11-22)28(34)31-25-16-14-23(15-17-25)27-26(29(35)38-20-19-37-4)21(3)33(18-6-2)30(36)32-27/h10-17,27H,5-9,18-20H2,1-4H3,(H,31,34)(H,32,36). The first-order valence-corrected chi connectivity index (χ1v) is 13.3. The fraction of sp³-hybridized carbons (Fsp3) is 0.433. The summed E-state index contributed by atoms with van der Waals surface area (Å²) in [6, 6.07) is 13.9. The Bertz CT molecular complexity index is 1130. The van der Waals surface area contributed by atoms with Crippen LogP contribution in [-0.4, -0.2) is 49.7 Å². The number of rotatable bonds is 13. The molecule has 1 aliphatic heterocycles. The number of nitrogens with zero attached hydrogens (tertiary/aromatic N) is 1. The van der Waals surface area contributed by atoms with Gasteiger partial charge in [-0.15, -0.1) is 0 Å². The van der Waals surface area contributed by atoms with Crippen molar-refractivity contribution >= 4 is 23.6 Å². The SMILES string of the molecule is CCCCCc1ccc(C(=O)Nc2ccc(C3NC(=O)N(CCC)C(C)=C3C(=O)OCCOC)cc2)cc1. The maximum Gasteiger partial charge on any atom is 0.338 e. The highest BCUT2D eigenvalue weighted by atomic mass is 16.6. The Morgan fingerprint density at radius 3 is 2.32 bits per heavy atom. The van der Waals surface area contributed by atoms with Crippen LogP contribution < -0.4 is 10.6 Å². The van der Waals surface area contributed by atoms with E-state index in [1.165, 1.54) is 25.5 Å². The first-order valence-electron chi connectivity index (χ1n) is 13.3. The lowest BCUT2D eigenvalue weighted by molar-refractivity contribution is -0.140. The number of carbonyl (C=O) groups excluding carboxylic acids is 3. The lowest BCUT2D eigenvalue weighted by Gasteiger charge is -2.35. The zero-order chi connectivity index (χ0) is 27.5. The van der Waals surface area contributed by atoms with Gasteiger partial charge in [0.15, 0.2) is 0 Å². The molecule has 0 aliphatic carbocycles. The minimum Gasteiger partial charge on any atom is -0.460 e. The maximum atomic E-state index is 13.0. The third-order valence-corrected chi connectivity index (χ3v) is 6.57. The van der Waals surface area contributed by atoms with Gasteiger partial charge in [0.1, 0.15) is 6.61 Å². The van der Waals surface area contributed by atoms with Crippen LogP contribution in [0.15, 0.2) is 59.8 Å². The molecule has 2 aromatic carbocycles. The number of allylic oxidation sites excluding steroid dienone is 1. The van der Waals surface area contributed by atoms with Gasteiger partial charge in [0.05, 0.1) is 18.2 Å². The van der Waals surface area contributed by atoms with Gasteiger partial charge in [0.25, 0.3) is 5.91 Å². The Balaban J connectivity index is 1.74. The number of anilines is 1. The lowest BCUT2D eigenvalue weighted by atomic mass is 9.94. The zero-order valence-corrected chi connectivity index (χ0v) is 22.8. The fourth-order valence-corrected chi connectivity index (χ4v) is 4.45. The first kappa shape index (κ1) is 28.9. The fourth-order valence-electron chi connectivity index (χ4n) is 4.45. The number of urea groups is 1. The van der Waals surface area contributed by atoms with Crippen molar-refractivity contribution in [3.8, 4) is 0 Å². The van der Waals surface area contributed by atoms with Crippen LogP contribution in [0, 0.1) is 0 Å². The molecule has 3 rings (SSSR count). The normalized spacial score (nSPS) is 15.3. The second-order valence-corrected chi connectivity index (χ2v) is 9.39. The number of benzene rings is 2. The van der Waals surface area contributed by atoms with Crippen LogP contribution in [0.25, 0.3) is 0 Å². The number of esters is 1. The summed E-state index contributed by atoms with van der Waals surface area (Å²) in [5.74, 6) is -0.696. The number of methoxy groups -OCH3 is 1. The van der Waals surface area contributed by atoms with Crippen molar-refractivity contribution in [2.24, 2.45) is 0 Å². The summed E-state index contributed by atoms with van der Waals surface area (Å²) in [5.41, 5.74) is 4.09. The number of carbonyl (C=O) groups is 3. The lowest BCUT2D eigenvalue weighted by Crippen LogP contribution is -2.48. The van der Waals surface area contributed by atoms with Crippen LogP contribution in [0.4, 0.5) is 10.5 Å². The molecule has 8 heteroatoms. The van der Waals surface area contributed by atoms with Gasteiger partial charge in [-0.05, 0) is 61.6 Å². The molecule has 2 aromatic rings. The highest BCUT2D eigenvalue weighted by molar-refractivity contribution is 6.04. The molecule has 8 nitrogen and oxygen atoms in total. The van der Waals surface area contributed by atoms with Gasteiger partial charge in [-0.2, -0.15) is 0 Å².